The number of nitrogens with zero attached hydrogens (tertiary/aromatic N) is 1. The molecular weight excluding hydrogens is 409 g/mol. The normalized spacial score (nSPS) is 13.5. The predicted octanol–water partition coefficient (Wildman–Crippen LogP) is 6.20. The minimum atomic E-state index is -0.0766. The Morgan fingerprint density at radius 2 is 1.86 bits per heavy atom. The Bertz CT molecular complexity index is 955. The summed E-state index contributed by atoms with van der Waals surface area (Å²) in [5.74, 6) is 0.696. The fraction of sp³-hybridized carbons (Fsp3) is 0.182. The maximum absolute atomic E-state index is 10.6. The Kier molecular flexibility index (Phi) is 8.77. The van der Waals surface area contributed by atoms with E-state index in [9.17, 15) is 4.79 Å². The molecule has 3 rings (SSSR count). The lowest BCUT2D eigenvalue weighted by atomic mass is 10.2. The van der Waals surface area contributed by atoms with Crippen LogP contribution in [0, 0.1) is 6.92 Å². The molecule has 7 heteroatoms. The number of aromatic nitrogens is 1. The van der Waals surface area contributed by atoms with Crippen molar-refractivity contribution in [2.75, 3.05) is 5.32 Å². The van der Waals surface area contributed by atoms with Crippen molar-refractivity contribution >= 4 is 40.4 Å². The Morgan fingerprint density at radius 3 is 2.48 bits per heavy atom. The van der Waals surface area contributed by atoms with E-state index in [4.69, 9.17) is 27.7 Å². The van der Waals surface area contributed by atoms with Gasteiger partial charge in [0.15, 0.2) is 5.76 Å². The molecule has 5 nitrogen and oxygen atoms in total. The highest BCUT2D eigenvalue weighted by molar-refractivity contribution is 6.31. The Labute approximate surface area is 180 Å². The zero-order valence-electron chi connectivity index (χ0n) is 16.5. The van der Waals surface area contributed by atoms with Crippen LogP contribution in [-0.2, 0) is 4.79 Å². The number of halogens is 2. The lowest BCUT2D eigenvalue weighted by Crippen LogP contribution is -2.04. The number of allylic oxidation sites excluding steroid dienone is 6. The molecule has 29 heavy (non-hydrogen) atoms. The number of amides is 1. The number of hydrogen-bond acceptors (Lipinski definition) is 4. The molecule has 2 N–H and O–H groups in total. The van der Waals surface area contributed by atoms with Crippen LogP contribution in [0.4, 0.5) is 5.69 Å². The van der Waals surface area contributed by atoms with Crippen LogP contribution in [0.1, 0.15) is 31.7 Å². The summed E-state index contributed by atoms with van der Waals surface area (Å²) in [6.07, 6.45) is 10.6. The van der Waals surface area contributed by atoms with Gasteiger partial charge in [-0.25, -0.2) is 0 Å². The van der Waals surface area contributed by atoms with Crippen LogP contribution in [0.3, 0.4) is 0 Å². The third kappa shape index (κ3) is 8.42. The van der Waals surface area contributed by atoms with Crippen molar-refractivity contribution in [2.24, 2.45) is 0 Å². The second-order valence-electron chi connectivity index (χ2n) is 6.31. The van der Waals surface area contributed by atoms with Crippen molar-refractivity contribution in [3.8, 4) is 0 Å². The average molecular weight is 432 g/mol. The second kappa shape index (κ2) is 11.3. The van der Waals surface area contributed by atoms with Crippen LogP contribution in [0.25, 0.3) is 5.57 Å². The average Bonchev–Trinajstić information content (AvgIpc) is 3.00. The van der Waals surface area contributed by atoms with E-state index in [2.05, 4.69) is 21.9 Å². The standard InChI is InChI=1S/C14H15ClN2O.C8H8ClNO/c1-10(14-8-11(2)17-18-14)9-16-13-5-3-4-12(15)6-7-13;1-6(11)10-8-4-2-7(9)3-5-8/h4-9,16H,3H2,1-2H3;2-5H,1H3,(H,10,11)/b10-9+;. The van der Waals surface area contributed by atoms with E-state index in [0.717, 1.165) is 39.9 Å². The lowest BCUT2D eigenvalue weighted by molar-refractivity contribution is -0.114. The van der Waals surface area contributed by atoms with Crippen molar-refractivity contribution in [1.82, 2.24) is 10.5 Å². The fourth-order valence-electron chi connectivity index (χ4n) is 2.26. The topological polar surface area (TPSA) is 67.2 Å². The van der Waals surface area contributed by atoms with E-state index < -0.39 is 0 Å². The summed E-state index contributed by atoms with van der Waals surface area (Å²) in [5, 5.41) is 11.1. The minimum absolute atomic E-state index is 0.0766. The van der Waals surface area contributed by atoms with Gasteiger partial charge in [0.25, 0.3) is 0 Å². The number of benzene rings is 1. The minimum Gasteiger partial charge on any atom is -0.362 e. The first-order valence-electron chi connectivity index (χ1n) is 8.97. The summed E-state index contributed by atoms with van der Waals surface area (Å²) in [5.41, 5.74) is 3.65. The van der Waals surface area contributed by atoms with Gasteiger partial charge in [0.1, 0.15) is 0 Å². The van der Waals surface area contributed by atoms with E-state index in [1.165, 1.54) is 6.92 Å². The van der Waals surface area contributed by atoms with Gasteiger partial charge in [-0.15, -0.1) is 0 Å². The molecule has 2 aromatic rings. The molecule has 0 unspecified atom stereocenters. The Balaban J connectivity index is 0.000000234. The molecular formula is C22H23Cl2N3O2. The van der Waals surface area contributed by atoms with Gasteiger partial charge in [-0.05, 0) is 56.7 Å². The quantitative estimate of drug-likeness (QED) is 0.604. The van der Waals surface area contributed by atoms with Crippen LogP contribution in [0.2, 0.25) is 5.02 Å². The first kappa shape index (κ1) is 22.5. The molecule has 1 aliphatic rings. The van der Waals surface area contributed by atoms with Crippen molar-refractivity contribution in [3.63, 3.8) is 0 Å². The van der Waals surface area contributed by atoms with Gasteiger partial charge in [0.05, 0.1) is 5.69 Å². The van der Waals surface area contributed by atoms with Crippen molar-refractivity contribution in [1.29, 1.82) is 0 Å². The molecule has 1 heterocycles. The Morgan fingerprint density at radius 1 is 1.14 bits per heavy atom. The van der Waals surface area contributed by atoms with E-state index in [0.29, 0.717) is 5.02 Å². The maximum Gasteiger partial charge on any atom is 0.221 e. The van der Waals surface area contributed by atoms with Crippen molar-refractivity contribution in [2.45, 2.75) is 27.2 Å². The third-order valence-electron chi connectivity index (χ3n) is 3.71. The molecule has 0 atom stereocenters. The zero-order chi connectivity index (χ0) is 21.2. The highest BCUT2D eigenvalue weighted by Gasteiger charge is 2.02. The van der Waals surface area contributed by atoms with E-state index >= 15 is 0 Å². The second-order valence-corrected chi connectivity index (χ2v) is 7.18. The van der Waals surface area contributed by atoms with Gasteiger partial charge in [-0.2, -0.15) is 0 Å². The third-order valence-corrected chi connectivity index (χ3v) is 4.24. The molecule has 0 bridgehead atoms. The van der Waals surface area contributed by atoms with Gasteiger partial charge < -0.3 is 15.2 Å². The van der Waals surface area contributed by atoms with Crippen molar-refractivity contribution in [3.05, 3.63) is 88.0 Å². The summed E-state index contributed by atoms with van der Waals surface area (Å²) in [7, 11) is 0. The molecule has 0 fully saturated rings. The van der Waals surface area contributed by atoms with Gasteiger partial charge in [0.2, 0.25) is 5.91 Å². The SMILES string of the molecule is C/C(=C\NC1=CCC=C(Cl)C=C1)c1cc(C)no1.CC(=O)Nc1ccc(Cl)cc1. The largest absolute Gasteiger partial charge is 0.362 e. The number of carbonyl (C=O) groups is 1. The molecule has 0 radical (unpaired) electrons. The Hall–Kier alpha value is -2.76. The van der Waals surface area contributed by atoms with Crippen molar-refractivity contribution < 1.29 is 9.32 Å². The number of aryl methyl sites for hydroxylation is 1. The summed E-state index contributed by atoms with van der Waals surface area (Å²) >= 11 is 11.6. The molecule has 1 aliphatic carbocycles. The summed E-state index contributed by atoms with van der Waals surface area (Å²) < 4.78 is 5.18. The first-order chi connectivity index (χ1) is 13.8. The molecule has 1 aromatic heterocycles. The summed E-state index contributed by atoms with van der Waals surface area (Å²) in [6.45, 7) is 5.34. The fourth-order valence-corrected chi connectivity index (χ4v) is 2.54. The molecule has 1 amide bonds. The van der Waals surface area contributed by atoms with E-state index in [1.54, 1.807) is 24.3 Å². The zero-order valence-corrected chi connectivity index (χ0v) is 18.0. The smallest absolute Gasteiger partial charge is 0.221 e. The monoisotopic (exact) mass is 431 g/mol. The molecule has 0 saturated carbocycles. The van der Waals surface area contributed by atoms with Gasteiger partial charge >= 0.3 is 0 Å². The van der Waals surface area contributed by atoms with Gasteiger partial charge in [-0.1, -0.05) is 40.5 Å². The van der Waals surface area contributed by atoms with E-state index in [1.807, 2.05) is 44.3 Å². The van der Waals surface area contributed by atoms with Crippen LogP contribution >= 0.6 is 23.2 Å². The highest BCUT2D eigenvalue weighted by atomic mass is 35.5. The number of carbonyl (C=O) groups excluding carboxylic acids is 1. The van der Waals surface area contributed by atoms with Crippen LogP contribution < -0.4 is 10.6 Å². The van der Waals surface area contributed by atoms with E-state index in [-0.39, 0.29) is 5.91 Å². The lowest BCUT2D eigenvalue weighted by Gasteiger charge is -2.02. The highest BCUT2D eigenvalue weighted by Crippen LogP contribution is 2.16. The molecule has 0 saturated heterocycles. The number of hydrogen-bond donors (Lipinski definition) is 2. The number of rotatable bonds is 4. The van der Waals surface area contributed by atoms with Crippen LogP contribution in [0.5, 0.6) is 0 Å². The number of anilines is 1. The summed E-state index contributed by atoms with van der Waals surface area (Å²) in [6, 6.07) is 8.87. The summed E-state index contributed by atoms with van der Waals surface area (Å²) in [4.78, 5) is 10.6. The van der Waals surface area contributed by atoms with Gasteiger partial charge in [0, 0.05) is 46.2 Å². The molecule has 152 valence electrons. The number of nitrogens with one attached hydrogen (secondary N) is 2. The molecule has 1 aromatic carbocycles. The first-order valence-corrected chi connectivity index (χ1v) is 9.73. The predicted molar refractivity (Wildman–Crippen MR) is 120 cm³/mol. The maximum atomic E-state index is 10.6. The van der Waals surface area contributed by atoms with Crippen LogP contribution in [-0.4, -0.2) is 11.1 Å². The van der Waals surface area contributed by atoms with Gasteiger partial charge in [-0.3, -0.25) is 4.79 Å². The molecule has 0 aliphatic heterocycles. The van der Waals surface area contributed by atoms with Crippen LogP contribution in [0.15, 0.2) is 76.1 Å². The molecule has 0 spiro atoms.